The van der Waals surface area contributed by atoms with Crippen molar-refractivity contribution in [1.29, 1.82) is 5.26 Å². The van der Waals surface area contributed by atoms with E-state index in [-0.39, 0.29) is 6.04 Å². The van der Waals surface area contributed by atoms with Gasteiger partial charge in [0.05, 0.1) is 6.07 Å². The normalized spacial score (nSPS) is 10.5. The van der Waals surface area contributed by atoms with Gasteiger partial charge in [0.15, 0.2) is 5.16 Å². The highest BCUT2D eigenvalue weighted by Gasteiger charge is 2.12. The summed E-state index contributed by atoms with van der Waals surface area (Å²) in [5.74, 6) is 1.33. The third kappa shape index (κ3) is 3.13. The fourth-order valence-electron chi connectivity index (χ4n) is 1.19. The molecular weight excluding hydrogens is 210 g/mol. The number of aromatic nitrogens is 3. The van der Waals surface area contributed by atoms with Crippen LogP contribution in [0.25, 0.3) is 0 Å². The number of nitrogens with zero attached hydrogens (tertiary/aromatic N) is 4. The van der Waals surface area contributed by atoms with Gasteiger partial charge in [-0.1, -0.05) is 11.8 Å². The van der Waals surface area contributed by atoms with Crippen LogP contribution >= 0.6 is 11.8 Å². The Hall–Kier alpha value is -1.22. The molecule has 0 aromatic carbocycles. The number of nitrogen functional groups attached to an aromatic ring is 1. The van der Waals surface area contributed by atoms with Crippen LogP contribution in [0, 0.1) is 11.3 Å². The lowest BCUT2D eigenvalue weighted by atomic mass is 10.4. The fourth-order valence-corrected chi connectivity index (χ4v) is 2.20. The van der Waals surface area contributed by atoms with Crippen molar-refractivity contribution >= 4 is 17.7 Å². The number of nitrogens with two attached hydrogens (primary N) is 1. The van der Waals surface area contributed by atoms with Crippen LogP contribution in [0.2, 0.25) is 0 Å². The molecule has 0 aliphatic heterocycles. The van der Waals surface area contributed by atoms with E-state index >= 15 is 0 Å². The highest BCUT2D eigenvalue weighted by Crippen LogP contribution is 2.23. The molecule has 0 fully saturated rings. The van der Waals surface area contributed by atoms with E-state index in [1.807, 2.05) is 18.4 Å². The van der Waals surface area contributed by atoms with Crippen LogP contribution in [0.1, 0.15) is 32.7 Å². The van der Waals surface area contributed by atoms with E-state index in [9.17, 15) is 0 Å². The Kier molecular flexibility index (Phi) is 4.43. The number of hydrogen-bond donors (Lipinski definition) is 1. The summed E-state index contributed by atoms with van der Waals surface area (Å²) < 4.78 is 1.90. The zero-order valence-corrected chi connectivity index (χ0v) is 9.79. The third-order valence-corrected chi connectivity index (χ3v) is 2.90. The van der Waals surface area contributed by atoms with E-state index < -0.39 is 0 Å². The maximum atomic E-state index is 8.40. The van der Waals surface area contributed by atoms with Crippen LogP contribution in [-0.2, 0) is 0 Å². The van der Waals surface area contributed by atoms with Crippen LogP contribution in [0.3, 0.4) is 0 Å². The first-order valence-corrected chi connectivity index (χ1v) is 5.85. The number of unbranched alkanes of at least 4 members (excludes halogenated alkanes) is 1. The average Bonchev–Trinajstić information content (AvgIpc) is 2.54. The first-order valence-electron chi connectivity index (χ1n) is 4.87. The molecule has 82 valence electrons. The van der Waals surface area contributed by atoms with Gasteiger partial charge >= 0.3 is 0 Å². The Balaban J connectivity index is 2.58. The predicted molar refractivity (Wildman–Crippen MR) is 60.4 cm³/mol. The van der Waals surface area contributed by atoms with Crippen molar-refractivity contribution in [3.63, 3.8) is 0 Å². The molecule has 0 aliphatic rings. The molecule has 0 amide bonds. The van der Waals surface area contributed by atoms with Gasteiger partial charge in [-0.2, -0.15) is 5.26 Å². The molecule has 1 rings (SSSR count). The van der Waals surface area contributed by atoms with E-state index in [0.29, 0.717) is 12.4 Å². The number of rotatable bonds is 5. The highest BCUT2D eigenvalue weighted by atomic mass is 32.2. The quantitative estimate of drug-likeness (QED) is 0.611. The van der Waals surface area contributed by atoms with Crippen molar-refractivity contribution in [3.05, 3.63) is 0 Å². The van der Waals surface area contributed by atoms with Gasteiger partial charge in [0.2, 0.25) is 5.95 Å². The van der Waals surface area contributed by atoms with E-state index in [4.69, 9.17) is 11.0 Å². The second kappa shape index (κ2) is 5.61. The predicted octanol–water partition coefficient (Wildman–Crippen LogP) is 1.84. The molecule has 6 heteroatoms. The molecule has 0 saturated heterocycles. The molecule has 2 N–H and O–H groups in total. The van der Waals surface area contributed by atoms with Crippen LogP contribution < -0.4 is 5.73 Å². The maximum Gasteiger partial charge on any atom is 0.222 e. The number of thioether (sulfide) groups is 1. The molecule has 1 aromatic rings. The van der Waals surface area contributed by atoms with Crippen molar-refractivity contribution in [2.45, 2.75) is 37.9 Å². The monoisotopic (exact) mass is 225 g/mol. The summed E-state index contributed by atoms with van der Waals surface area (Å²) in [7, 11) is 0. The Morgan fingerprint density at radius 3 is 2.87 bits per heavy atom. The Bertz CT molecular complexity index is 352. The lowest BCUT2D eigenvalue weighted by Crippen LogP contribution is -2.07. The SMILES string of the molecule is CC(C)n1c(N)nnc1SCCCC#N. The molecular formula is C9H15N5S. The van der Waals surface area contributed by atoms with E-state index in [1.165, 1.54) is 0 Å². The van der Waals surface area contributed by atoms with Gasteiger partial charge in [-0.15, -0.1) is 10.2 Å². The minimum Gasteiger partial charge on any atom is -0.368 e. The van der Waals surface area contributed by atoms with Gasteiger partial charge < -0.3 is 5.73 Å². The van der Waals surface area contributed by atoms with Crippen LogP contribution in [0.15, 0.2) is 5.16 Å². The van der Waals surface area contributed by atoms with Gasteiger partial charge in [-0.05, 0) is 20.3 Å². The molecule has 0 radical (unpaired) electrons. The summed E-state index contributed by atoms with van der Waals surface area (Å²) in [6.07, 6.45) is 1.45. The van der Waals surface area contributed by atoms with Crippen molar-refractivity contribution in [3.8, 4) is 6.07 Å². The van der Waals surface area contributed by atoms with Crippen molar-refractivity contribution in [2.24, 2.45) is 0 Å². The molecule has 0 atom stereocenters. The van der Waals surface area contributed by atoms with E-state index in [1.54, 1.807) is 11.8 Å². The molecule has 0 saturated carbocycles. The van der Waals surface area contributed by atoms with E-state index in [0.717, 1.165) is 17.3 Å². The lowest BCUT2D eigenvalue weighted by Gasteiger charge is -2.10. The second-order valence-corrected chi connectivity index (χ2v) is 4.48. The maximum absolute atomic E-state index is 8.40. The Morgan fingerprint density at radius 2 is 2.27 bits per heavy atom. The smallest absolute Gasteiger partial charge is 0.222 e. The molecule has 1 heterocycles. The minimum absolute atomic E-state index is 0.262. The first kappa shape index (κ1) is 11.9. The van der Waals surface area contributed by atoms with Gasteiger partial charge in [-0.25, -0.2) is 0 Å². The summed E-state index contributed by atoms with van der Waals surface area (Å²) in [5.41, 5.74) is 5.70. The van der Waals surface area contributed by atoms with Gasteiger partial charge in [-0.3, -0.25) is 4.57 Å². The topological polar surface area (TPSA) is 80.5 Å². The molecule has 0 unspecified atom stereocenters. The molecule has 0 bridgehead atoms. The summed E-state index contributed by atoms with van der Waals surface area (Å²) >= 11 is 1.59. The summed E-state index contributed by atoms with van der Waals surface area (Å²) in [6, 6.07) is 2.38. The lowest BCUT2D eigenvalue weighted by molar-refractivity contribution is 0.557. The third-order valence-electron chi connectivity index (χ3n) is 1.87. The van der Waals surface area contributed by atoms with Crippen LogP contribution in [0.5, 0.6) is 0 Å². The van der Waals surface area contributed by atoms with Crippen molar-refractivity contribution in [1.82, 2.24) is 14.8 Å². The summed E-state index contributed by atoms with van der Waals surface area (Å²) in [4.78, 5) is 0. The van der Waals surface area contributed by atoms with Gasteiger partial charge in [0.1, 0.15) is 0 Å². The minimum atomic E-state index is 0.262. The standard InChI is InChI=1S/C9H15N5S/c1-7(2)14-8(11)12-13-9(14)15-6-4-3-5-10/h7H,3-4,6H2,1-2H3,(H2,11,12). The molecule has 0 aliphatic carbocycles. The fraction of sp³-hybridized carbons (Fsp3) is 0.667. The zero-order chi connectivity index (χ0) is 11.3. The molecule has 1 aromatic heterocycles. The molecule has 5 nitrogen and oxygen atoms in total. The van der Waals surface area contributed by atoms with Crippen molar-refractivity contribution < 1.29 is 0 Å². The Morgan fingerprint density at radius 1 is 1.53 bits per heavy atom. The Labute approximate surface area is 93.7 Å². The second-order valence-electron chi connectivity index (χ2n) is 3.41. The summed E-state index contributed by atoms with van der Waals surface area (Å²) in [6.45, 7) is 4.08. The van der Waals surface area contributed by atoms with Crippen LogP contribution in [-0.4, -0.2) is 20.5 Å². The first-order chi connectivity index (χ1) is 7.16. The molecule has 15 heavy (non-hydrogen) atoms. The highest BCUT2D eigenvalue weighted by molar-refractivity contribution is 7.99. The number of hydrogen-bond acceptors (Lipinski definition) is 5. The number of nitriles is 1. The largest absolute Gasteiger partial charge is 0.368 e. The summed E-state index contributed by atoms with van der Waals surface area (Å²) in [5, 5.41) is 17.1. The van der Waals surface area contributed by atoms with Gasteiger partial charge in [0, 0.05) is 18.2 Å². The zero-order valence-electron chi connectivity index (χ0n) is 8.97. The van der Waals surface area contributed by atoms with Gasteiger partial charge in [0.25, 0.3) is 0 Å². The number of anilines is 1. The van der Waals surface area contributed by atoms with Crippen molar-refractivity contribution in [2.75, 3.05) is 11.5 Å². The van der Waals surface area contributed by atoms with Crippen LogP contribution in [0.4, 0.5) is 5.95 Å². The van der Waals surface area contributed by atoms with E-state index in [2.05, 4.69) is 16.3 Å². The molecule has 0 spiro atoms. The average molecular weight is 225 g/mol.